The van der Waals surface area contributed by atoms with E-state index in [4.69, 9.17) is 16.3 Å². The average Bonchev–Trinajstić information content (AvgIpc) is 2.59. The van der Waals surface area contributed by atoms with Gasteiger partial charge in [0.15, 0.2) is 0 Å². The van der Waals surface area contributed by atoms with Gasteiger partial charge in [0.25, 0.3) is 0 Å². The molecule has 0 aliphatic carbocycles. The van der Waals surface area contributed by atoms with Crippen LogP contribution >= 0.6 is 43.5 Å². The van der Waals surface area contributed by atoms with Gasteiger partial charge in [-0.05, 0) is 91.9 Å². The molecule has 5 heteroatoms. The summed E-state index contributed by atoms with van der Waals surface area (Å²) in [5.74, 6) is 0.782. The standard InChI is InChI=1S/C21H18Br2ClNO/c1-14-4-2-7-18(8-14)25-12-16-10-19(22)21(20(23)11-16)26-13-15-5-3-6-17(24)9-15/h2-11,25H,12-13H2,1H3. The third-order valence-electron chi connectivity index (χ3n) is 3.84. The van der Waals surface area contributed by atoms with Gasteiger partial charge >= 0.3 is 0 Å². The molecule has 0 fully saturated rings. The van der Waals surface area contributed by atoms with Gasteiger partial charge in [-0.15, -0.1) is 0 Å². The maximum Gasteiger partial charge on any atom is 0.148 e. The van der Waals surface area contributed by atoms with Crippen LogP contribution in [0, 0.1) is 6.92 Å². The molecule has 1 N–H and O–H groups in total. The molecule has 26 heavy (non-hydrogen) atoms. The lowest BCUT2D eigenvalue weighted by Crippen LogP contribution is -2.01. The number of hydrogen-bond donors (Lipinski definition) is 1. The van der Waals surface area contributed by atoms with E-state index in [1.165, 1.54) is 5.56 Å². The molecule has 0 aromatic heterocycles. The summed E-state index contributed by atoms with van der Waals surface area (Å²) in [7, 11) is 0. The quantitative estimate of drug-likeness (QED) is 0.386. The fourth-order valence-corrected chi connectivity index (χ4v) is 4.32. The Balaban J connectivity index is 1.67. The zero-order valence-corrected chi connectivity index (χ0v) is 18.2. The van der Waals surface area contributed by atoms with Crippen LogP contribution < -0.4 is 10.1 Å². The smallest absolute Gasteiger partial charge is 0.148 e. The zero-order valence-electron chi connectivity index (χ0n) is 14.2. The van der Waals surface area contributed by atoms with Crippen molar-refractivity contribution in [1.82, 2.24) is 0 Å². The van der Waals surface area contributed by atoms with E-state index in [0.717, 1.165) is 38.1 Å². The maximum atomic E-state index is 6.02. The fourth-order valence-electron chi connectivity index (χ4n) is 2.59. The molecule has 3 rings (SSSR count). The van der Waals surface area contributed by atoms with E-state index < -0.39 is 0 Å². The highest BCUT2D eigenvalue weighted by Gasteiger charge is 2.10. The molecule has 0 atom stereocenters. The second kappa shape index (κ2) is 8.94. The summed E-state index contributed by atoms with van der Waals surface area (Å²) in [6.07, 6.45) is 0. The van der Waals surface area contributed by atoms with Crippen LogP contribution in [0.15, 0.2) is 69.6 Å². The van der Waals surface area contributed by atoms with Crippen LogP contribution in [0.25, 0.3) is 0 Å². The predicted molar refractivity (Wildman–Crippen MR) is 116 cm³/mol. The van der Waals surface area contributed by atoms with E-state index in [-0.39, 0.29) is 0 Å². The average molecular weight is 496 g/mol. The molecular formula is C21H18Br2ClNO. The minimum Gasteiger partial charge on any atom is -0.487 e. The summed E-state index contributed by atoms with van der Waals surface area (Å²) in [4.78, 5) is 0. The second-order valence-corrected chi connectivity index (χ2v) is 8.18. The monoisotopic (exact) mass is 493 g/mol. The Morgan fingerprint density at radius 2 is 1.65 bits per heavy atom. The number of ether oxygens (including phenoxy) is 1. The van der Waals surface area contributed by atoms with Crippen molar-refractivity contribution in [1.29, 1.82) is 0 Å². The topological polar surface area (TPSA) is 21.3 Å². The van der Waals surface area contributed by atoms with Crippen molar-refractivity contribution in [3.8, 4) is 5.75 Å². The van der Waals surface area contributed by atoms with Crippen LogP contribution in [0.2, 0.25) is 5.02 Å². The normalized spacial score (nSPS) is 10.6. The van der Waals surface area contributed by atoms with Gasteiger partial charge in [-0.2, -0.15) is 0 Å². The molecule has 0 saturated carbocycles. The summed E-state index contributed by atoms with van der Waals surface area (Å²) < 4.78 is 7.79. The van der Waals surface area contributed by atoms with Crippen molar-refractivity contribution in [3.63, 3.8) is 0 Å². The Labute approximate surface area is 175 Å². The Morgan fingerprint density at radius 3 is 2.35 bits per heavy atom. The molecule has 0 unspecified atom stereocenters. The van der Waals surface area contributed by atoms with Gasteiger partial charge < -0.3 is 10.1 Å². The Bertz CT molecular complexity index is 891. The van der Waals surface area contributed by atoms with Crippen molar-refractivity contribution in [2.24, 2.45) is 0 Å². The SMILES string of the molecule is Cc1cccc(NCc2cc(Br)c(OCc3cccc(Cl)c3)c(Br)c2)c1. The summed E-state index contributed by atoms with van der Waals surface area (Å²) in [5, 5.41) is 4.15. The molecular weight excluding hydrogens is 477 g/mol. The van der Waals surface area contributed by atoms with Gasteiger partial charge in [0.2, 0.25) is 0 Å². The van der Waals surface area contributed by atoms with Crippen LogP contribution in [-0.2, 0) is 13.2 Å². The minimum absolute atomic E-state index is 0.457. The molecule has 0 radical (unpaired) electrons. The lowest BCUT2D eigenvalue weighted by Gasteiger charge is -2.13. The van der Waals surface area contributed by atoms with Crippen molar-refractivity contribution >= 4 is 49.1 Å². The summed E-state index contributed by atoms with van der Waals surface area (Å²) >= 11 is 13.3. The van der Waals surface area contributed by atoms with Crippen molar-refractivity contribution in [3.05, 3.63) is 91.3 Å². The van der Waals surface area contributed by atoms with E-state index in [1.807, 2.05) is 24.3 Å². The van der Waals surface area contributed by atoms with Gasteiger partial charge in [0, 0.05) is 17.3 Å². The predicted octanol–water partition coefficient (Wildman–Crippen LogP) is 7.36. The molecule has 0 saturated heterocycles. The number of hydrogen-bond acceptors (Lipinski definition) is 2. The highest BCUT2D eigenvalue weighted by atomic mass is 79.9. The van der Waals surface area contributed by atoms with Gasteiger partial charge in [0.05, 0.1) is 8.95 Å². The number of anilines is 1. The molecule has 0 aliphatic rings. The number of nitrogens with one attached hydrogen (secondary N) is 1. The molecule has 3 aromatic carbocycles. The summed E-state index contributed by atoms with van der Waals surface area (Å²) in [5.41, 5.74) is 4.53. The first-order chi connectivity index (χ1) is 12.5. The third-order valence-corrected chi connectivity index (χ3v) is 5.26. The first kappa shape index (κ1) is 19.3. The number of aryl methyl sites for hydroxylation is 1. The van der Waals surface area contributed by atoms with Gasteiger partial charge in [-0.1, -0.05) is 35.9 Å². The van der Waals surface area contributed by atoms with E-state index in [2.05, 4.69) is 80.5 Å². The first-order valence-corrected chi connectivity index (χ1v) is 10.1. The van der Waals surface area contributed by atoms with Crippen molar-refractivity contribution in [2.45, 2.75) is 20.1 Å². The highest BCUT2D eigenvalue weighted by Crippen LogP contribution is 2.35. The van der Waals surface area contributed by atoms with Gasteiger partial charge in [-0.25, -0.2) is 0 Å². The molecule has 3 aromatic rings. The van der Waals surface area contributed by atoms with Crippen LogP contribution in [0.3, 0.4) is 0 Å². The van der Waals surface area contributed by atoms with E-state index in [1.54, 1.807) is 0 Å². The maximum absolute atomic E-state index is 6.02. The second-order valence-electron chi connectivity index (χ2n) is 6.03. The lowest BCUT2D eigenvalue weighted by molar-refractivity contribution is 0.302. The molecule has 0 aliphatic heterocycles. The summed E-state index contributed by atoms with van der Waals surface area (Å²) in [6, 6.07) is 20.2. The van der Waals surface area contributed by atoms with Gasteiger partial charge in [0.1, 0.15) is 12.4 Å². The number of rotatable bonds is 6. The van der Waals surface area contributed by atoms with Crippen molar-refractivity contribution in [2.75, 3.05) is 5.32 Å². The number of halogens is 3. The van der Waals surface area contributed by atoms with E-state index in [9.17, 15) is 0 Å². The Hall–Kier alpha value is -1.49. The molecule has 0 heterocycles. The molecule has 2 nitrogen and oxygen atoms in total. The largest absolute Gasteiger partial charge is 0.487 e. The Morgan fingerprint density at radius 1 is 0.923 bits per heavy atom. The number of benzene rings is 3. The lowest BCUT2D eigenvalue weighted by atomic mass is 10.2. The molecule has 0 spiro atoms. The van der Waals surface area contributed by atoms with Crippen LogP contribution in [-0.4, -0.2) is 0 Å². The van der Waals surface area contributed by atoms with Crippen LogP contribution in [0.4, 0.5) is 5.69 Å². The van der Waals surface area contributed by atoms with E-state index in [0.29, 0.717) is 11.6 Å². The van der Waals surface area contributed by atoms with Gasteiger partial charge in [-0.3, -0.25) is 0 Å². The van der Waals surface area contributed by atoms with Crippen molar-refractivity contribution < 1.29 is 4.74 Å². The highest BCUT2D eigenvalue weighted by molar-refractivity contribution is 9.11. The minimum atomic E-state index is 0.457. The zero-order chi connectivity index (χ0) is 18.5. The molecule has 134 valence electrons. The Kier molecular flexibility index (Phi) is 6.63. The first-order valence-electron chi connectivity index (χ1n) is 8.17. The van der Waals surface area contributed by atoms with Crippen LogP contribution in [0.1, 0.15) is 16.7 Å². The van der Waals surface area contributed by atoms with E-state index >= 15 is 0 Å². The third kappa shape index (κ3) is 5.26. The van der Waals surface area contributed by atoms with Crippen LogP contribution in [0.5, 0.6) is 5.75 Å². The molecule has 0 amide bonds. The summed E-state index contributed by atoms with van der Waals surface area (Å²) in [6.45, 7) is 3.28. The fraction of sp³-hybridized carbons (Fsp3) is 0.143. The molecule has 0 bridgehead atoms.